The van der Waals surface area contributed by atoms with Crippen LogP contribution in [0.15, 0.2) is 39.7 Å². The summed E-state index contributed by atoms with van der Waals surface area (Å²) in [6.45, 7) is -0.0735. The number of carboxylic acid groups (broad SMARTS) is 1. The summed E-state index contributed by atoms with van der Waals surface area (Å²) in [7, 11) is 1.76. The minimum absolute atomic E-state index is 0.0735. The van der Waals surface area contributed by atoms with E-state index in [1.165, 1.54) is 6.07 Å². The van der Waals surface area contributed by atoms with Gasteiger partial charge >= 0.3 is 6.09 Å². The van der Waals surface area contributed by atoms with Gasteiger partial charge in [-0.05, 0) is 12.1 Å². The molecule has 3 aromatic rings. The number of rotatable bonds is 3. The van der Waals surface area contributed by atoms with Crippen molar-refractivity contribution in [3.63, 3.8) is 0 Å². The fraction of sp³-hybridized carbons (Fsp3) is 0.143. The number of aryl methyl sites for hydroxylation is 1. The molecule has 0 unspecified atom stereocenters. The zero-order valence-corrected chi connectivity index (χ0v) is 11.6. The van der Waals surface area contributed by atoms with Crippen molar-refractivity contribution in [2.75, 3.05) is 0 Å². The molecule has 8 nitrogen and oxygen atoms in total. The lowest BCUT2D eigenvalue weighted by atomic mass is 10.1. The van der Waals surface area contributed by atoms with Crippen molar-refractivity contribution in [1.82, 2.24) is 20.3 Å². The van der Waals surface area contributed by atoms with Gasteiger partial charge in [0.05, 0.1) is 18.1 Å². The maximum Gasteiger partial charge on any atom is 0.405 e. The maximum atomic E-state index is 12.0. The van der Waals surface area contributed by atoms with E-state index < -0.39 is 6.09 Å². The van der Waals surface area contributed by atoms with Gasteiger partial charge in [-0.2, -0.15) is 0 Å². The van der Waals surface area contributed by atoms with Crippen LogP contribution in [0.5, 0.6) is 0 Å². The monoisotopic (exact) mass is 300 g/mol. The Bertz CT molecular complexity index is 913. The Morgan fingerprint density at radius 3 is 2.91 bits per heavy atom. The fourth-order valence-electron chi connectivity index (χ4n) is 2.09. The average Bonchev–Trinajstić information content (AvgIpc) is 2.91. The van der Waals surface area contributed by atoms with Gasteiger partial charge in [0.1, 0.15) is 17.0 Å². The fourth-order valence-corrected chi connectivity index (χ4v) is 2.09. The minimum Gasteiger partial charge on any atom is -0.465 e. The molecule has 1 amide bonds. The maximum absolute atomic E-state index is 12.0. The van der Waals surface area contributed by atoms with Crippen LogP contribution in [0.4, 0.5) is 4.79 Å². The van der Waals surface area contributed by atoms with Crippen LogP contribution in [0.3, 0.4) is 0 Å². The number of nitrogens with one attached hydrogen (secondary N) is 1. The Morgan fingerprint density at radius 2 is 2.23 bits per heavy atom. The lowest BCUT2D eigenvalue weighted by Crippen LogP contribution is -2.20. The quantitative estimate of drug-likeness (QED) is 0.755. The smallest absolute Gasteiger partial charge is 0.405 e. The largest absolute Gasteiger partial charge is 0.465 e. The molecule has 0 spiro atoms. The minimum atomic E-state index is -1.18. The van der Waals surface area contributed by atoms with E-state index in [1.807, 2.05) is 0 Å². The lowest BCUT2D eigenvalue weighted by molar-refractivity contribution is 0.193. The second-order valence-electron chi connectivity index (χ2n) is 4.72. The molecule has 2 heterocycles. The molecule has 3 rings (SSSR count). The van der Waals surface area contributed by atoms with Crippen LogP contribution in [0.25, 0.3) is 22.2 Å². The van der Waals surface area contributed by atoms with Crippen molar-refractivity contribution < 1.29 is 14.3 Å². The van der Waals surface area contributed by atoms with Gasteiger partial charge in [0.15, 0.2) is 5.43 Å². The van der Waals surface area contributed by atoms with Crippen LogP contribution in [0, 0.1) is 0 Å². The van der Waals surface area contributed by atoms with Crippen LogP contribution in [-0.4, -0.2) is 26.2 Å². The Labute approximate surface area is 124 Å². The van der Waals surface area contributed by atoms with Crippen LogP contribution in [-0.2, 0) is 13.6 Å². The number of hydrogen-bond donors (Lipinski definition) is 2. The zero-order valence-electron chi connectivity index (χ0n) is 11.6. The van der Waals surface area contributed by atoms with Gasteiger partial charge in [0.25, 0.3) is 0 Å². The van der Waals surface area contributed by atoms with E-state index in [1.54, 1.807) is 36.1 Å². The molecule has 22 heavy (non-hydrogen) atoms. The molecule has 112 valence electrons. The molecular weight excluding hydrogens is 288 g/mol. The van der Waals surface area contributed by atoms with Crippen LogP contribution in [0.1, 0.15) is 5.76 Å². The molecule has 0 radical (unpaired) electrons. The van der Waals surface area contributed by atoms with Crippen molar-refractivity contribution in [2.24, 2.45) is 7.05 Å². The topological polar surface area (TPSA) is 110 Å². The highest BCUT2D eigenvalue weighted by atomic mass is 16.4. The molecule has 0 aliphatic rings. The van der Waals surface area contributed by atoms with E-state index in [4.69, 9.17) is 9.52 Å². The molecule has 0 bridgehead atoms. The summed E-state index contributed by atoms with van der Waals surface area (Å²) >= 11 is 0. The molecule has 2 aromatic heterocycles. The van der Waals surface area contributed by atoms with E-state index in [0.29, 0.717) is 16.7 Å². The van der Waals surface area contributed by atoms with Crippen molar-refractivity contribution in [1.29, 1.82) is 0 Å². The first kappa shape index (κ1) is 13.8. The number of carbonyl (C=O) groups is 1. The molecule has 0 atom stereocenters. The summed E-state index contributed by atoms with van der Waals surface area (Å²) in [5.41, 5.74) is 1.56. The van der Waals surface area contributed by atoms with E-state index in [0.717, 1.165) is 5.56 Å². The third-order valence-corrected chi connectivity index (χ3v) is 3.09. The van der Waals surface area contributed by atoms with E-state index in [9.17, 15) is 9.59 Å². The molecule has 0 aliphatic heterocycles. The van der Waals surface area contributed by atoms with Crippen molar-refractivity contribution in [3.8, 4) is 11.3 Å². The van der Waals surface area contributed by atoms with Gasteiger partial charge in [-0.15, -0.1) is 5.10 Å². The zero-order chi connectivity index (χ0) is 15.7. The third-order valence-electron chi connectivity index (χ3n) is 3.09. The summed E-state index contributed by atoms with van der Waals surface area (Å²) in [4.78, 5) is 22.5. The first-order valence-corrected chi connectivity index (χ1v) is 6.43. The predicted molar refractivity (Wildman–Crippen MR) is 77.3 cm³/mol. The normalized spacial score (nSPS) is 10.8. The standard InChI is InChI=1S/C14H12N4O4/c1-18-7-11(16-17-18)8-2-3-10-12(19)5-9(6-15-14(20)21)22-13(10)4-8/h2-5,7,15H,6H2,1H3,(H,20,21). The third kappa shape index (κ3) is 2.66. The predicted octanol–water partition coefficient (Wildman–Crippen LogP) is 1.36. The SMILES string of the molecule is Cn1cc(-c2ccc3c(=O)cc(CNC(=O)O)oc3c2)nn1. The number of amides is 1. The van der Waals surface area contributed by atoms with Gasteiger partial charge < -0.3 is 14.8 Å². The van der Waals surface area contributed by atoms with Gasteiger partial charge in [-0.1, -0.05) is 11.3 Å². The van der Waals surface area contributed by atoms with Crippen LogP contribution < -0.4 is 10.7 Å². The van der Waals surface area contributed by atoms with Gasteiger partial charge in [0.2, 0.25) is 0 Å². The molecule has 0 saturated heterocycles. The van der Waals surface area contributed by atoms with Gasteiger partial charge in [-0.3, -0.25) is 9.48 Å². The number of aromatic nitrogens is 3. The van der Waals surface area contributed by atoms with E-state index in [-0.39, 0.29) is 17.7 Å². The Balaban J connectivity index is 2.05. The molecule has 0 aliphatic carbocycles. The summed E-state index contributed by atoms with van der Waals surface area (Å²) in [5, 5.41) is 19.0. The lowest BCUT2D eigenvalue weighted by Gasteiger charge is -2.04. The Hall–Kier alpha value is -3.16. The van der Waals surface area contributed by atoms with Crippen molar-refractivity contribution >= 4 is 17.1 Å². The second-order valence-corrected chi connectivity index (χ2v) is 4.72. The number of hydrogen-bond acceptors (Lipinski definition) is 5. The van der Waals surface area contributed by atoms with Crippen LogP contribution in [0.2, 0.25) is 0 Å². The summed E-state index contributed by atoms with van der Waals surface area (Å²) in [5.74, 6) is 0.246. The number of benzene rings is 1. The van der Waals surface area contributed by atoms with Gasteiger partial charge in [-0.25, -0.2) is 4.79 Å². The molecule has 0 saturated carbocycles. The Kier molecular flexibility index (Phi) is 3.34. The van der Waals surface area contributed by atoms with E-state index in [2.05, 4.69) is 15.6 Å². The average molecular weight is 300 g/mol. The molecule has 0 fully saturated rings. The van der Waals surface area contributed by atoms with Crippen molar-refractivity contribution in [2.45, 2.75) is 6.54 Å². The second kappa shape index (κ2) is 5.32. The molecule has 1 aromatic carbocycles. The van der Waals surface area contributed by atoms with E-state index >= 15 is 0 Å². The molecule has 2 N–H and O–H groups in total. The highest BCUT2D eigenvalue weighted by Gasteiger charge is 2.09. The summed E-state index contributed by atoms with van der Waals surface area (Å²) in [6.07, 6.45) is 0.561. The van der Waals surface area contributed by atoms with Crippen LogP contribution >= 0.6 is 0 Å². The summed E-state index contributed by atoms with van der Waals surface area (Å²) < 4.78 is 7.15. The highest BCUT2D eigenvalue weighted by Crippen LogP contribution is 2.21. The summed E-state index contributed by atoms with van der Waals surface area (Å²) in [6, 6.07) is 6.38. The highest BCUT2D eigenvalue weighted by molar-refractivity contribution is 5.81. The Morgan fingerprint density at radius 1 is 1.41 bits per heavy atom. The molecule has 8 heteroatoms. The first-order valence-electron chi connectivity index (χ1n) is 6.43. The number of nitrogens with zero attached hydrogens (tertiary/aromatic N) is 3. The van der Waals surface area contributed by atoms with Gasteiger partial charge in [0, 0.05) is 18.7 Å². The first-order chi connectivity index (χ1) is 10.5. The van der Waals surface area contributed by atoms with Crippen molar-refractivity contribution in [3.05, 3.63) is 46.4 Å². The number of fused-ring (bicyclic) bond motifs is 1. The molecular formula is C14H12N4O4.